The Kier molecular flexibility index (Phi) is 5.77. The quantitative estimate of drug-likeness (QED) is 0.563. The zero-order chi connectivity index (χ0) is 13.5. The summed E-state index contributed by atoms with van der Waals surface area (Å²) >= 11 is 0. The maximum atomic E-state index is 11.6. The average molecular weight is 257 g/mol. The molecule has 0 aromatic carbocycles. The van der Waals surface area contributed by atoms with Crippen LogP contribution in [0.1, 0.15) is 39.0 Å². The number of ether oxygens (including phenoxy) is 1. The molecule has 1 N–H and O–H groups in total. The Balaban J connectivity index is 2.50. The summed E-state index contributed by atoms with van der Waals surface area (Å²) in [6.07, 6.45) is 0.750. The van der Waals surface area contributed by atoms with Crippen molar-refractivity contribution < 1.29 is 24.2 Å². The van der Waals surface area contributed by atoms with Crippen molar-refractivity contribution in [2.45, 2.75) is 45.1 Å². The van der Waals surface area contributed by atoms with Crippen LogP contribution in [0.4, 0.5) is 0 Å². The van der Waals surface area contributed by atoms with Crippen LogP contribution in [0.2, 0.25) is 0 Å². The second-order valence-corrected chi connectivity index (χ2v) is 4.27. The van der Waals surface area contributed by atoms with E-state index in [-0.39, 0.29) is 31.4 Å². The van der Waals surface area contributed by atoms with Crippen molar-refractivity contribution in [2.24, 2.45) is 0 Å². The molecule has 0 aromatic rings. The summed E-state index contributed by atoms with van der Waals surface area (Å²) in [4.78, 5) is 35.5. The highest BCUT2D eigenvalue weighted by molar-refractivity contribution is 5.96. The maximum Gasteiger partial charge on any atom is 0.308 e. The van der Waals surface area contributed by atoms with Crippen LogP contribution in [0.5, 0.6) is 0 Å². The lowest BCUT2D eigenvalue weighted by molar-refractivity contribution is -0.150. The summed E-state index contributed by atoms with van der Waals surface area (Å²) in [5, 5.41) is 9.68. The van der Waals surface area contributed by atoms with Crippen LogP contribution in [0.3, 0.4) is 0 Å². The molecular weight excluding hydrogens is 238 g/mol. The molecule has 0 radical (unpaired) electrons. The third kappa shape index (κ3) is 4.44. The van der Waals surface area contributed by atoms with Crippen molar-refractivity contribution in [1.29, 1.82) is 0 Å². The molecule has 1 atom stereocenters. The van der Waals surface area contributed by atoms with Crippen LogP contribution in [-0.2, 0) is 19.1 Å². The number of nitrogens with zero attached hydrogens (tertiary/aromatic N) is 1. The number of esters is 1. The summed E-state index contributed by atoms with van der Waals surface area (Å²) in [6.45, 7) is 1.79. The fourth-order valence-corrected chi connectivity index (χ4v) is 1.85. The molecule has 18 heavy (non-hydrogen) atoms. The SMILES string of the molecule is CCOC(=O)CC(O)CN1C(=O)CCCCC1=O. The lowest BCUT2D eigenvalue weighted by atomic mass is 10.2. The number of hydrogen-bond donors (Lipinski definition) is 1. The first-order valence-electron chi connectivity index (χ1n) is 6.21. The molecule has 1 aliphatic rings. The molecule has 0 aromatic heterocycles. The second kappa shape index (κ2) is 7.10. The highest BCUT2D eigenvalue weighted by atomic mass is 16.5. The van der Waals surface area contributed by atoms with Gasteiger partial charge in [0.2, 0.25) is 11.8 Å². The summed E-state index contributed by atoms with van der Waals surface area (Å²) in [6, 6.07) is 0. The fraction of sp³-hybridized carbons (Fsp3) is 0.750. The molecule has 1 aliphatic heterocycles. The average Bonchev–Trinajstić information content (AvgIpc) is 2.44. The zero-order valence-electron chi connectivity index (χ0n) is 10.6. The van der Waals surface area contributed by atoms with Gasteiger partial charge in [0.05, 0.1) is 25.7 Å². The Morgan fingerprint density at radius 1 is 1.33 bits per heavy atom. The smallest absolute Gasteiger partial charge is 0.308 e. The van der Waals surface area contributed by atoms with E-state index >= 15 is 0 Å². The zero-order valence-corrected chi connectivity index (χ0v) is 10.6. The molecule has 1 saturated heterocycles. The topological polar surface area (TPSA) is 83.9 Å². The number of aliphatic hydroxyl groups is 1. The lowest BCUT2D eigenvalue weighted by Gasteiger charge is -2.21. The predicted octanol–water partition coefficient (Wildman–Crippen LogP) is 0.230. The van der Waals surface area contributed by atoms with Gasteiger partial charge in [0.15, 0.2) is 0 Å². The van der Waals surface area contributed by atoms with Crippen molar-refractivity contribution >= 4 is 17.8 Å². The minimum Gasteiger partial charge on any atom is -0.466 e. The summed E-state index contributed by atoms with van der Waals surface area (Å²) in [5.74, 6) is -1.08. The second-order valence-electron chi connectivity index (χ2n) is 4.27. The van der Waals surface area contributed by atoms with E-state index in [9.17, 15) is 19.5 Å². The third-order valence-electron chi connectivity index (χ3n) is 2.73. The van der Waals surface area contributed by atoms with E-state index in [0.717, 1.165) is 4.90 Å². The van der Waals surface area contributed by atoms with Crippen molar-refractivity contribution in [1.82, 2.24) is 4.90 Å². The number of likely N-dealkylation sites (tertiary alicyclic amines) is 1. The van der Waals surface area contributed by atoms with Crippen molar-refractivity contribution in [3.8, 4) is 0 Å². The van der Waals surface area contributed by atoms with Gasteiger partial charge >= 0.3 is 5.97 Å². The Bertz CT molecular complexity index is 310. The monoisotopic (exact) mass is 257 g/mol. The van der Waals surface area contributed by atoms with E-state index in [4.69, 9.17) is 4.74 Å². The Morgan fingerprint density at radius 2 is 1.89 bits per heavy atom. The van der Waals surface area contributed by atoms with E-state index in [1.807, 2.05) is 0 Å². The third-order valence-corrected chi connectivity index (χ3v) is 2.73. The molecule has 1 rings (SSSR count). The molecule has 0 bridgehead atoms. The molecule has 1 unspecified atom stereocenters. The van der Waals surface area contributed by atoms with Crippen LogP contribution < -0.4 is 0 Å². The first-order chi connectivity index (χ1) is 8.54. The van der Waals surface area contributed by atoms with Gasteiger partial charge in [0.25, 0.3) is 0 Å². The number of β-amino-alcohol motifs (C(OH)–C–C–N with tert-alkyl or cyclic N) is 1. The van der Waals surface area contributed by atoms with Gasteiger partial charge in [-0.15, -0.1) is 0 Å². The van der Waals surface area contributed by atoms with Crippen LogP contribution >= 0.6 is 0 Å². The maximum absolute atomic E-state index is 11.6. The summed E-state index contributed by atoms with van der Waals surface area (Å²) in [7, 11) is 0. The van der Waals surface area contributed by atoms with Crippen molar-refractivity contribution in [2.75, 3.05) is 13.2 Å². The van der Waals surface area contributed by atoms with Crippen molar-refractivity contribution in [3.63, 3.8) is 0 Å². The molecule has 0 spiro atoms. The number of imide groups is 1. The number of amides is 2. The van der Waals surface area contributed by atoms with Gasteiger partial charge in [0, 0.05) is 12.8 Å². The Hall–Kier alpha value is -1.43. The van der Waals surface area contributed by atoms with Gasteiger partial charge in [-0.25, -0.2) is 0 Å². The largest absolute Gasteiger partial charge is 0.466 e. The number of carbonyl (C=O) groups is 3. The lowest BCUT2D eigenvalue weighted by Crippen LogP contribution is -2.41. The molecule has 0 aliphatic carbocycles. The molecule has 6 nitrogen and oxygen atoms in total. The fourth-order valence-electron chi connectivity index (χ4n) is 1.85. The minimum absolute atomic E-state index is 0.128. The van der Waals surface area contributed by atoms with E-state index in [0.29, 0.717) is 25.7 Å². The number of aliphatic hydroxyl groups excluding tert-OH is 1. The first-order valence-corrected chi connectivity index (χ1v) is 6.21. The standard InChI is InChI=1S/C12H19NO5/c1-2-18-12(17)7-9(14)8-13-10(15)5-3-4-6-11(13)16/h9,14H,2-8H2,1H3. The van der Waals surface area contributed by atoms with E-state index in [1.165, 1.54) is 0 Å². The minimum atomic E-state index is -1.06. The summed E-state index contributed by atoms with van der Waals surface area (Å²) < 4.78 is 4.69. The molecule has 102 valence electrons. The molecule has 6 heteroatoms. The molecule has 1 heterocycles. The highest BCUT2D eigenvalue weighted by Gasteiger charge is 2.26. The van der Waals surface area contributed by atoms with Crippen LogP contribution in [0.25, 0.3) is 0 Å². The number of rotatable bonds is 5. The molecule has 2 amide bonds. The predicted molar refractivity (Wildman–Crippen MR) is 62.4 cm³/mol. The van der Waals surface area contributed by atoms with E-state index in [2.05, 4.69) is 0 Å². The van der Waals surface area contributed by atoms with Crippen LogP contribution in [0, 0.1) is 0 Å². The van der Waals surface area contributed by atoms with Crippen molar-refractivity contribution in [3.05, 3.63) is 0 Å². The summed E-state index contributed by atoms with van der Waals surface area (Å²) in [5.41, 5.74) is 0. The number of carbonyl (C=O) groups excluding carboxylic acids is 3. The molecule has 1 fully saturated rings. The normalized spacial score (nSPS) is 18.4. The van der Waals surface area contributed by atoms with Gasteiger partial charge in [-0.3, -0.25) is 19.3 Å². The van der Waals surface area contributed by atoms with Gasteiger partial charge < -0.3 is 9.84 Å². The van der Waals surface area contributed by atoms with E-state index in [1.54, 1.807) is 6.92 Å². The molecule has 0 saturated carbocycles. The van der Waals surface area contributed by atoms with Gasteiger partial charge in [-0.1, -0.05) is 0 Å². The first kappa shape index (κ1) is 14.6. The van der Waals surface area contributed by atoms with Gasteiger partial charge in [-0.05, 0) is 19.8 Å². The van der Waals surface area contributed by atoms with Gasteiger partial charge in [-0.2, -0.15) is 0 Å². The Labute approximate surface area is 106 Å². The van der Waals surface area contributed by atoms with E-state index < -0.39 is 12.1 Å². The Morgan fingerprint density at radius 3 is 2.39 bits per heavy atom. The number of hydrogen-bond acceptors (Lipinski definition) is 5. The van der Waals surface area contributed by atoms with Gasteiger partial charge in [0.1, 0.15) is 0 Å². The van der Waals surface area contributed by atoms with Crippen LogP contribution in [0.15, 0.2) is 0 Å². The molecular formula is C12H19NO5. The van der Waals surface area contributed by atoms with Crippen LogP contribution in [-0.4, -0.2) is 47.0 Å². The highest BCUT2D eigenvalue weighted by Crippen LogP contribution is 2.13.